The topological polar surface area (TPSA) is 12.9 Å². The summed E-state index contributed by atoms with van der Waals surface area (Å²) in [5.41, 5.74) is 7.23. The smallest absolute Gasteiger partial charge is 0.0712 e. The first-order valence-electron chi connectivity index (χ1n) is 7.52. The highest BCUT2D eigenvalue weighted by atomic mass is 14.7. The van der Waals surface area contributed by atoms with E-state index >= 15 is 0 Å². The van der Waals surface area contributed by atoms with E-state index in [9.17, 15) is 0 Å². The van der Waals surface area contributed by atoms with E-state index in [0.717, 1.165) is 11.2 Å². The lowest BCUT2D eigenvalue weighted by Gasteiger charge is -2.09. The summed E-state index contributed by atoms with van der Waals surface area (Å²) >= 11 is 0. The Bertz CT molecular complexity index is 780. The van der Waals surface area contributed by atoms with E-state index in [4.69, 9.17) is 4.98 Å². The van der Waals surface area contributed by atoms with Gasteiger partial charge in [-0.2, -0.15) is 0 Å². The van der Waals surface area contributed by atoms with Crippen LogP contribution in [0.5, 0.6) is 0 Å². The maximum atomic E-state index is 4.87. The highest BCUT2D eigenvalue weighted by molar-refractivity contribution is 5.82. The molecular weight excluding hydrogens is 254 g/mol. The summed E-state index contributed by atoms with van der Waals surface area (Å²) in [5.74, 6) is 0.529. The normalized spacial score (nSPS) is 11.3. The molecule has 3 aromatic rings. The molecule has 0 unspecified atom stereocenters. The lowest BCUT2D eigenvalue weighted by molar-refractivity contribution is 0.868. The van der Waals surface area contributed by atoms with Crippen LogP contribution in [-0.2, 0) is 0 Å². The Kier molecular flexibility index (Phi) is 3.50. The third kappa shape index (κ3) is 2.82. The van der Waals surface area contributed by atoms with E-state index in [0.29, 0.717) is 5.92 Å². The molecule has 2 aromatic carbocycles. The predicted octanol–water partition coefficient (Wildman–Crippen LogP) is 5.64. The Morgan fingerprint density at radius 2 is 1.48 bits per heavy atom. The lowest BCUT2D eigenvalue weighted by Crippen LogP contribution is -1.91. The molecule has 3 rings (SSSR count). The zero-order chi connectivity index (χ0) is 15.0. The molecule has 0 bridgehead atoms. The number of benzene rings is 2. The highest BCUT2D eigenvalue weighted by Gasteiger charge is 2.05. The number of hydrogen-bond acceptors (Lipinski definition) is 1. The van der Waals surface area contributed by atoms with Gasteiger partial charge in [0, 0.05) is 10.9 Å². The Hall–Kier alpha value is -2.15. The molecule has 0 saturated heterocycles. The second-order valence-electron chi connectivity index (χ2n) is 6.18. The van der Waals surface area contributed by atoms with Gasteiger partial charge in [0.2, 0.25) is 0 Å². The first kappa shape index (κ1) is 13.8. The third-order valence-electron chi connectivity index (χ3n) is 3.90. The average Bonchev–Trinajstić information content (AvgIpc) is 2.45. The molecule has 0 spiro atoms. The molecule has 0 atom stereocenters. The molecular formula is C20H21N. The lowest BCUT2D eigenvalue weighted by atomic mass is 10.0. The van der Waals surface area contributed by atoms with Gasteiger partial charge in [0.05, 0.1) is 11.2 Å². The van der Waals surface area contributed by atoms with Crippen LogP contribution in [0.2, 0.25) is 0 Å². The monoisotopic (exact) mass is 275 g/mol. The van der Waals surface area contributed by atoms with Crippen molar-refractivity contribution in [1.29, 1.82) is 0 Å². The largest absolute Gasteiger partial charge is 0.248 e. The van der Waals surface area contributed by atoms with Gasteiger partial charge in [-0.1, -0.05) is 49.2 Å². The Labute approximate surface area is 126 Å². The summed E-state index contributed by atoms with van der Waals surface area (Å²) < 4.78 is 0. The zero-order valence-corrected chi connectivity index (χ0v) is 13.1. The minimum Gasteiger partial charge on any atom is -0.248 e. The second-order valence-corrected chi connectivity index (χ2v) is 6.18. The fraction of sp³-hybridized carbons (Fsp3) is 0.250. The van der Waals surface area contributed by atoms with Gasteiger partial charge >= 0.3 is 0 Å². The minimum absolute atomic E-state index is 0.529. The van der Waals surface area contributed by atoms with E-state index < -0.39 is 0 Å². The number of rotatable bonds is 2. The van der Waals surface area contributed by atoms with Crippen LogP contribution in [-0.4, -0.2) is 4.98 Å². The van der Waals surface area contributed by atoms with E-state index in [-0.39, 0.29) is 0 Å². The maximum Gasteiger partial charge on any atom is 0.0712 e. The van der Waals surface area contributed by atoms with Gasteiger partial charge in [-0.15, -0.1) is 0 Å². The van der Waals surface area contributed by atoms with Crippen LogP contribution in [0.3, 0.4) is 0 Å². The molecule has 0 aliphatic heterocycles. The van der Waals surface area contributed by atoms with E-state index in [1.54, 1.807) is 0 Å². The number of fused-ring (bicyclic) bond motifs is 1. The van der Waals surface area contributed by atoms with Crippen LogP contribution in [0, 0.1) is 13.8 Å². The van der Waals surface area contributed by atoms with Crippen molar-refractivity contribution >= 4 is 10.9 Å². The fourth-order valence-electron chi connectivity index (χ4n) is 2.78. The van der Waals surface area contributed by atoms with Crippen molar-refractivity contribution in [2.45, 2.75) is 33.6 Å². The molecule has 0 fully saturated rings. The summed E-state index contributed by atoms with van der Waals surface area (Å²) in [7, 11) is 0. The molecule has 1 nitrogen and oxygen atoms in total. The Morgan fingerprint density at radius 3 is 2.14 bits per heavy atom. The molecule has 0 radical (unpaired) electrons. The quantitative estimate of drug-likeness (QED) is 0.589. The number of nitrogens with zero attached hydrogens (tertiary/aromatic N) is 1. The fourth-order valence-corrected chi connectivity index (χ4v) is 2.78. The number of hydrogen-bond donors (Lipinski definition) is 0. The van der Waals surface area contributed by atoms with Crippen molar-refractivity contribution in [2.24, 2.45) is 0 Å². The molecule has 0 aliphatic carbocycles. The van der Waals surface area contributed by atoms with Crippen molar-refractivity contribution < 1.29 is 0 Å². The second kappa shape index (κ2) is 5.33. The summed E-state index contributed by atoms with van der Waals surface area (Å²) in [4.78, 5) is 4.87. The van der Waals surface area contributed by atoms with E-state index in [1.807, 2.05) is 0 Å². The van der Waals surface area contributed by atoms with Gasteiger partial charge in [0.15, 0.2) is 0 Å². The standard InChI is InChI=1S/C20H21N/c1-13(2)17-6-5-16-7-8-19(21-20(16)12-17)18-10-14(3)9-15(4)11-18/h5-13H,1-4H3. The van der Waals surface area contributed by atoms with Crippen molar-refractivity contribution in [1.82, 2.24) is 4.98 Å². The predicted molar refractivity (Wildman–Crippen MR) is 90.7 cm³/mol. The SMILES string of the molecule is Cc1cc(C)cc(-c2ccc3ccc(C(C)C)cc3n2)c1. The molecule has 106 valence electrons. The van der Waals surface area contributed by atoms with E-state index in [1.165, 1.54) is 27.6 Å². The minimum atomic E-state index is 0.529. The first-order valence-corrected chi connectivity index (χ1v) is 7.52. The van der Waals surface area contributed by atoms with Crippen LogP contribution in [0.25, 0.3) is 22.2 Å². The van der Waals surface area contributed by atoms with Crippen molar-refractivity contribution in [2.75, 3.05) is 0 Å². The summed E-state index contributed by atoms with van der Waals surface area (Å²) in [6.45, 7) is 8.70. The average molecular weight is 275 g/mol. The molecule has 1 heteroatoms. The zero-order valence-electron chi connectivity index (χ0n) is 13.1. The molecule has 1 heterocycles. The Morgan fingerprint density at radius 1 is 0.810 bits per heavy atom. The molecule has 0 N–H and O–H groups in total. The highest BCUT2D eigenvalue weighted by Crippen LogP contribution is 2.25. The molecule has 21 heavy (non-hydrogen) atoms. The van der Waals surface area contributed by atoms with Crippen LogP contribution in [0.1, 0.15) is 36.5 Å². The molecule has 0 amide bonds. The van der Waals surface area contributed by atoms with Gasteiger partial charge in [0.1, 0.15) is 0 Å². The summed E-state index contributed by atoms with van der Waals surface area (Å²) in [5, 5.41) is 1.20. The van der Waals surface area contributed by atoms with Crippen molar-refractivity contribution in [3.8, 4) is 11.3 Å². The van der Waals surface area contributed by atoms with Crippen LogP contribution in [0.15, 0.2) is 48.5 Å². The van der Waals surface area contributed by atoms with Gasteiger partial charge in [0.25, 0.3) is 0 Å². The number of aromatic nitrogens is 1. The van der Waals surface area contributed by atoms with Crippen LogP contribution < -0.4 is 0 Å². The molecule has 0 saturated carbocycles. The third-order valence-corrected chi connectivity index (χ3v) is 3.90. The first-order chi connectivity index (χ1) is 10.0. The van der Waals surface area contributed by atoms with Gasteiger partial charge in [-0.05, 0) is 49.6 Å². The molecule has 0 aliphatic rings. The van der Waals surface area contributed by atoms with Gasteiger partial charge in [-0.25, -0.2) is 4.98 Å². The van der Waals surface area contributed by atoms with Crippen LogP contribution >= 0.6 is 0 Å². The number of aryl methyl sites for hydroxylation is 2. The number of pyridine rings is 1. The summed E-state index contributed by atoms with van der Waals surface area (Å²) in [6, 6.07) is 17.5. The van der Waals surface area contributed by atoms with Gasteiger partial charge < -0.3 is 0 Å². The molecule has 1 aromatic heterocycles. The van der Waals surface area contributed by atoms with E-state index in [2.05, 4.69) is 76.2 Å². The van der Waals surface area contributed by atoms with Crippen molar-refractivity contribution in [3.63, 3.8) is 0 Å². The summed E-state index contributed by atoms with van der Waals surface area (Å²) in [6.07, 6.45) is 0. The van der Waals surface area contributed by atoms with Crippen LogP contribution in [0.4, 0.5) is 0 Å². The van der Waals surface area contributed by atoms with Crippen molar-refractivity contribution in [3.05, 3.63) is 65.2 Å². The maximum absolute atomic E-state index is 4.87. The Balaban J connectivity index is 2.15. The van der Waals surface area contributed by atoms with Gasteiger partial charge in [-0.3, -0.25) is 0 Å².